The van der Waals surface area contributed by atoms with Crippen molar-refractivity contribution in [1.29, 1.82) is 0 Å². The van der Waals surface area contributed by atoms with Gasteiger partial charge in [-0.1, -0.05) is 6.07 Å². The van der Waals surface area contributed by atoms with Gasteiger partial charge < -0.3 is 16.4 Å². The van der Waals surface area contributed by atoms with Gasteiger partial charge in [0.25, 0.3) is 0 Å². The highest BCUT2D eigenvalue weighted by molar-refractivity contribution is 5.96. The number of rotatable bonds is 4. The van der Waals surface area contributed by atoms with E-state index >= 15 is 0 Å². The van der Waals surface area contributed by atoms with Gasteiger partial charge in [-0.3, -0.25) is 9.59 Å². The van der Waals surface area contributed by atoms with E-state index in [2.05, 4.69) is 10.6 Å². The molecule has 0 spiro atoms. The van der Waals surface area contributed by atoms with Crippen LogP contribution in [0, 0.1) is 5.41 Å². The smallest absolute Gasteiger partial charge is 0.231 e. The molecule has 0 saturated carbocycles. The number of anilines is 2. The van der Waals surface area contributed by atoms with Crippen LogP contribution >= 0.6 is 12.4 Å². The first kappa shape index (κ1) is 17.4. The molecule has 0 saturated heterocycles. The van der Waals surface area contributed by atoms with Gasteiger partial charge in [-0.05, 0) is 32.0 Å². The van der Waals surface area contributed by atoms with Crippen LogP contribution in [0.5, 0.6) is 0 Å². The number of halogens is 1. The maximum absolute atomic E-state index is 11.9. The van der Waals surface area contributed by atoms with Crippen LogP contribution in [-0.4, -0.2) is 18.4 Å². The van der Waals surface area contributed by atoms with Crippen molar-refractivity contribution in [2.75, 3.05) is 17.2 Å². The molecule has 0 aromatic heterocycles. The second-order valence-corrected chi connectivity index (χ2v) is 4.80. The van der Waals surface area contributed by atoms with Gasteiger partial charge in [0.05, 0.1) is 5.41 Å². The molecule has 6 heteroatoms. The molecule has 0 radical (unpaired) electrons. The monoisotopic (exact) mass is 285 g/mol. The van der Waals surface area contributed by atoms with E-state index in [0.29, 0.717) is 11.4 Å². The molecule has 19 heavy (non-hydrogen) atoms. The molecule has 0 aliphatic carbocycles. The quantitative estimate of drug-likeness (QED) is 0.791. The molecule has 0 heterocycles. The molecular formula is C13H20ClN3O2. The van der Waals surface area contributed by atoms with Gasteiger partial charge in [-0.15, -0.1) is 12.4 Å². The van der Waals surface area contributed by atoms with Crippen LogP contribution in [-0.2, 0) is 9.59 Å². The molecule has 5 nitrogen and oxygen atoms in total. The number of hydrogen-bond acceptors (Lipinski definition) is 3. The average molecular weight is 286 g/mol. The Labute approximate surface area is 119 Å². The molecule has 106 valence electrons. The molecule has 0 aliphatic rings. The molecule has 1 rings (SSSR count). The minimum absolute atomic E-state index is 0. The Bertz CT molecular complexity index is 461. The molecule has 0 atom stereocenters. The summed E-state index contributed by atoms with van der Waals surface area (Å²) < 4.78 is 0. The van der Waals surface area contributed by atoms with Crippen LogP contribution in [0.3, 0.4) is 0 Å². The van der Waals surface area contributed by atoms with Crippen LogP contribution in [0.2, 0.25) is 0 Å². The Kier molecular flexibility index (Phi) is 6.52. The van der Waals surface area contributed by atoms with Gasteiger partial charge in [0.2, 0.25) is 11.8 Å². The zero-order valence-corrected chi connectivity index (χ0v) is 12.1. The number of benzene rings is 1. The number of carbonyl (C=O) groups is 2. The van der Waals surface area contributed by atoms with Gasteiger partial charge in [0, 0.05) is 24.8 Å². The Morgan fingerprint density at radius 1 is 1.21 bits per heavy atom. The first-order chi connectivity index (χ1) is 8.35. The van der Waals surface area contributed by atoms with Crippen molar-refractivity contribution in [1.82, 2.24) is 0 Å². The molecule has 0 unspecified atom stereocenters. The fourth-order valence-corrected chi connectivity index (χ4v) is 1.27. The van der Waals surface area contributed by atoms with Gasteiger partial charge in [0.15, 0.2) is 0 Å². The lowest BCUT2D eigenvalue weighted by atomic mass is 9.92. The third kappa shape index (κ3) is 5.28. The van der Waals surface area contributed by atoms with Gasteiger partial charge in [0.1, 0.15) is 0 Å². The van der Waals surface area contributed by atoms with E-state index < -0.39 is 5.41 Å². The van der Waals surface area contributed by atoms with Crippen molar-refractivity contribution < 1.29 is 9.59 Å². The molecule has 0 aliphatic heterocycles. The largest absolute Gasteiger partial charge is 0.329 e. The normalized spacial score (nSPS) is 10.3. The minimum Gasteiger partial charge on any atom is -0.329 e. The van der Waals surface area contributed by atoms with E-state index in [1.165, 1.54) is 6.92 Å². The minimum atomic E-state index is -0.621. The number of carbonyl (C=O) groups excluding carboxylic acids is 2. The second-order valence-electron chi connectivity index (χ2n) is 4.80. The molecule has 2 amide bonds. The van der Waals surface area contributed by atoms with Crippen molar-refractivity contribution in [2.45, 2.75) is 20.8 Å². The summed E-state index contributed by atoms with van der Waals surface area (Å²) in [6.45, 7) is 5.26. The summed E-state index contributed by atoms with van der Waals surface area (Å²) >= 11 is 0. The third-order valence-electron chi connectivity index (χ3n) is 2.57. The summed E-state index contributed by atoms with van der Waals surface area (Å²) in [6.07, 6.45) is 0. The van der Waals surface area contributed by atoms with Gasteiger partial charge in [-0.2, -0.15) is 0 Å². The zero-order valence-electron chi connectivity index (χ0n) is 11.3. The molecule has 1 aromatic rings. The fourth-order valence-electron chi connectivity index (χ4n) is 1.27. The summed E-state index contributed by atoms with van der Waals surface area (Å²) in [5.74, 6) is -0.300. The summed E-state index contributed by atoms with van der Waals surface area (Å²) in [6, 6.07) is 6.98. The van der Waals surface area contributed by atoms with Crippen LogP contribution < -0.4 is 16.4 Å². The van der Waals surface area contributed by atoms with Crippen LogP contribution in [0.15, 0.2) is 24.3 Å². The van der Waals surface area contributed by atoms with Crippen LogP contribution in [0.1, 0.15) is 20.8 Å². The van der Waals surface area contributed by atoms with Crippen molar-refractivity contribution in [2.24, 2.45) is 11.1 Å². The second kappa shape index (κ2) is 7.11. The van der Waals surface area contributed by atoms with Crippen molar-refractivity contribution >= 4 is 35.6 Å². The summed E-state index contributed by atoms with van der Waals surface area (Å²) in [5, 5.41) is 5.43. The van der Waals surface area contributed by atoms with E-state index in [9.17, 15) is 9.59 Å². The lowest BCUT2D eigenvalue weighted by molar-refractivity contribution is -0.123. The fraction of sp³-hybridized carbons (Fsp3) is 0.385. The summed E-state index contributed by atoms with van der Waals surface area (Å²) in [4.78, 5) is 22.9. The first-order valence-corrected chi connectivity index (χ1v) is 5.74. The Balaban J connectivity index is 0.00000324. The lowest BCUT2D eigenvalue weighted by Crippen LogP contribution is -2.37. The SMILES string of the molecule is CC(=O)Nc1cccc(NC(=O)C(C)(C)CN)c1.Cl. The summed E-state index contributed by atoms with van der Waals surface area (Å²) in [7, 11) is 0. The standard InChI is InChI=1S/C13H19N3O2.ClH/c1-9(17)15-10-5-4-6-11(7-10)16-12(18)13(2,3)8-14;/h4-7H,8,14H2,1-3H3,(H,15,17)(H,16,18);1H. The van der Waals surface area contributed by atoms with Crippen molar-refractivity contribution in [3.05, 3.63) is 24.3 Å². The Hall–Kier alpha value is -1.59. The van der Waals surface area contributed by atoms with E-state index in [-0.39, 0.29) is 30.8 Å². The third-order valence-corrected chi connectivity index (χ3v) is 2.57. The number of nitrogens with two attached hydrogens (primary N) is 1. The highest BCUT2D eigenvalue weighted by atomic mass is 35.5. The maximum atomic E-state index is 11.9. The van der Waals surface area contributed by atoms with E-state index in [1.807, 2.05) is 0 Å². The number of hydrogen-bond donors (Lipinski definition) is 3. The average Bonchev–Trinajstić information content (AvgIpc) is 2.28. The predicted octanol–water partition coefficient (Wildman–Crippen LogP) is 1.99. The highest BCUT2D eigenvalue weighted by Crippen LogP contribution is 2.19. The Morgan fingerprint density at radius 2 is 1.74 bits per heavy atom. The highest BCUT2D eigenvalue weighted by Gasteiger charge is 2.25. The number of amides is 2. The molecular weight excluding hydrogens is 266 g/mol. The summed E-state index contributed by atoms with van der Waals surface area (Å²) in [5.41, 5.74) is 6.19. The zero-order chi connectivity index (χ0) is 13.8. The number of nitrogens with one attached hydrogen (secondary N) is 2. The molecule has 1 aromatic carbocycles. The van der Waals surface area contributed by atoms with Crippen molar-refractivity contribution in [3.63, 3.8) is 0 Å². The first-order valence-electron chi connectivity index (χ1n) is 5.74. The molecule has 0 bridgehead atoms. The molecule has 0 fully saturated rings. The van der Waals surface area contributed by atoms with E-state index in [4.69, 9.17) is 5.73 Å². The van der Waals surface area contributed by atoms with E-state index in [0.717, 1.165) is 0 Å². The van der Waals surface area contributed by atoms with E-state index in [1.54, 1.807) is 38.1 Å². The maximum Gasteiger partial charge on any atom is 0.231 e. The molecule has 4 N–H and O–H groups in total. The topological polar surface area (TPSA) is 84.2 Å². The van der Waals surface area contributed by atoms with Crippen molar-refractivity contribution in [3.8, 4) is 0 Å². The van der Waals surface area contributed by atoms with Crippen LogP contribution in [0.4, 0.5) is 11.4 Å². The predicted molar refractivity (Wildman–Crippen MR) is 79.5 cm³/mol. The Morgan fingerprint density at radius 3 is 2.21 bits per heavy atom. The lowest BCUT2D eigenvalue weighted by Gasteiger charge is -2.21. The van der Waals surface area contributed by atoms with Gasteiger partial charge in [-0.25, -0.2) is 0 Å². The van der Waals surface area contributed by atoms with Gasteiger partial charge >= 0.3 is 0 Å². The van der Waals surface area contributed by atoms with Crippen LogP contribution in [0.25, 0.3) is 0 Å².